The van der Waals surface area contributed by atoms with E-state index < -0.39 is 40.9 Å². The van der Waals surface area contributed by atoms with Crippen molar-refractivity contribution < 1.29 is 33.6 Å². The predicted molar refractivity (Wildman–Crippen MR) is 162 cm³/mol. The number of pyridine rings is 1. The maximum atomic E-state index is 13.4. The summed E-state index contributed by atoms with van der Waals surface area (Å²) in [7, 11) is 0. The molecule has 1 aromatic carbocycles. The second-order valence-electron chi connectivity index (χ2n) is 9.90. The van der Waals surface area contributed by atoms with Crippen LogP contribution in [0.1, 0.15) is 51.5 Å². The van der Waals surface area contributed by atoms with Gasteiger partial charge in [-0.3, -0.25) is 29.3 Å². The number of benzene rings is 1. The van der Waals surface area contributed by atoms with Gasteiger partial charge >= 0.3 is 17.6 Å². The Hall–Kier alpha value is -4.08. The van der Waals surface area contributed by atoms with Gasteiger partial charge in [-0.2, -0.15) is 0 Å². The number of nitrogens with one attached hydrogen (secondary N) is 2. The Labute approximate surface area is 259 Å². The summed E-state index contributed by atoms with van der Waals surface area (Å²) >= 11 is 1.05. The van der Waals surface area contributed by atoms with E-state index in [0.717, 1.165) is 17.5 Å². The second-order valence-corrected chi connectivity index (χ2v) is 10.8. The minimum atomic E-state index is -1.11. The fourth-order valence-corrected chi connectivity index (χ4v) is 5.44. The number of para-hydroxylation sites is 1. The second kappa shape index (κ2) is 17.3. The third kappa shape index (κ3) is 9.46. The number of carbonyl (C=O) groups is 4. The van der Waals surface area contributed by atoms with E-state index in [1.165, 1.54) is 23.2 Å². The summed E-state index contributed by atoms with van der Waals surface area (Å²) in [5, 5.41) is 14.0. The molecule has 2 heterocycles. The van der Waals surface area contributed by atoms with E-state index in [2.05, 4.69) is 15.0 Å². The third-order valence-electron chi connectivity index (χ3n) is 6.84. The molecule has 1 aliphatic heterocycles. The Balaban J connectivity index is 1.51. The minimum Gasteiger partial charge on any atom is -0.464 e. The molecule has 3 atom stereocenters. The van der Waals surface area contributed by atoms with Crippen LogP contribution in [0.15, 0.2) is 47.6 Å². The van der Waals surface area contributed by atoms with Crippen LogP contribution in [0.25, 0.3) is 0 Å². The van der Waals surface area contributed by atoms with Crippen LogP contribution in [0.4, 0.5) is 11.4 Å². The highest BCUT2D eigenvalue weighted by atomic mass is 32.2. The molecular weight excluding hydrogens is 592 g/mol. The molecule has 0 saturated heterocycles. The van der Waals surface area contributed by atoms with Crippen molar-refractivity contribution in [1.82, 2.24) is 15.0 Å². The molecule has 0 bridgehead atoms. The molecular formula is C29H38N6O8S. The number of ether oxygens (including phenoxy) is 2. The van der Waals surface area contributed by atoms with E-state index in [1.807, 2.05) is 12.1 Å². The number of fused-ring (bicyclic) bond motifs is 1. The summed E-state index contributed by atoms with van der Waals surface area (Å²) in [6, 6.07) is 7.25. The zero-order valence-electron chi connectivity index (χ0n) is 24.7. The highest BCUT2D eigenvalue weighted by Crippen LogP contribution is 2.33. The van der Waals surface area contributed by atoms with Gasteiger partial charge in [0.15, 0.2) is 5.03 Å². The number of nitrogens with zero attached hydrogens (tertiary/aromatic N) is 3. The molecule has 0 spiro atoms. The summed E-state index contributed by atoms with van der Waals surface area (Å²) in [4.78, 5) is 67.6. The number of nitrogens with two attached hydrogens (primary N) is 1. The molecule has 14 nitrogen and oxygen atoms in total. The first-order valence-corrected chi connectivity index (χ1v) is 15.3. The first kappa shape index (κ1) is 34.4. The van der Waals surface area contributed by atoms with E-state index >= 15 is 0 Å². The number of hydrogen-bond donors (Lipinski definition) is 3. The lowest BCUT2D eigenvalue weighted by Crippen LogP contribution is -2.50. The number of unbranched alkanes of at least 4 members (excludes halogenated alkanes) is 1. The van der Waals surface area contributed by atoms with Crippen LogP contribution in [0.3, 0.4) is 0 Å². The number of hydrogen-bond acceptors (Lipinski definition) is 12. The van der Waals surface area contributed by atoms with Crippen molar-refractivity contribution in [3.05, 3.63) is 58.3 Å². The average molecular weight is 631 g/mol. The number of esters is 2. The molecule has 0 fully saturated rings. The highest BCUT2D eigenvalue weighted by Gasteiger charge is 2.39. The molecule has 0 unspecified atom stereocenters. The zero-order valence-corrected chi connectivity index (χ0v) is 25.5. The van der Waals surface area contributed by atoms with Crippen LogP contribution >= 0.6 is 11.9 Å². The number of anilines is 1. The van der Waals surface area contributed by atoms with E-state index in [1.54, 1.807) is 26.0 Å². The summed E-state index contributed by atoms with van der Waals surface area (Å²) in [5.41, 5.74) is 7.45. The van der Waals surface area contributed by atoms with Gasteiger partial charge in [0, 0.05) is 37.3 Å². The van der Waals surface area contributed by atoms with Gasteiger partial charge < -0.3 is 20.5 Å². The van der Waals surface area contributed by atoms with Crippen LogP contribution in [0.2, 0.25) is 0 Å². The van der Waals surface area contributed by atoms with Crippen molar-refractivity contribution in [3.8, 4) is 0 Å². The lowest BCUT2D eigenvalue weighted by atomic mass is 10.1. The minimum absolute atomic E-state index is 0.0505. The molecule has 1 aromatic heterocycles. The topological polar surface area (TPSA) is 196 Å². The van der Waals surface area contributed by atoms with Crippen molar-refractivity contribution >= 4 is 47.1 Å². The van der Waals surface area contributed by atoms with Crippen LogP contribution in [-0.2, 0) is 35.1 Å². The lowest BCUT2D eigenvalue weighted by Gasteiger charge is -2.25. The fraction of sp³-hybridized carbons (Fsp3) is 0.483. The number of carbonyl (C=O) groups excluding carboxylic acids is 4. The SMILES string of the molecule is CCOC(=O)[C@@H](CCC(=O)N1c2ccccc2C[C@H]1C(=O)OCC)NC(=O)[C@@H](N)CCCCNSc1ncccc1[N+](=O)[O-]. The largest absolute Gasteiger partial charge is 0.464 e. The predicted octanol–water partition coefficient (Wildman–Crippen LogP) is 2.43. The quantitative estimate of drug-likeness (QED) is 0.0760. The monoisotopic (exact) mass is 630 g/mol. The van der Waals surface area contributed by atoms with Crippen molar-refractivity contribution in [3.63, 3.8) is 0 Å². The standard InChI is InChI=1S/C29H38N6O8S/c1-3-42-28(38)21(14-15-25(36)34-22-12-6-5-10-19(22)18-24(34)29(39)43-4-2)33-26(37)20(30)11-7-8-17-32-44-27-23(35(40)41)13-9-16-31-27/h5-6,9-10,12-13,16,20-21,24,32H,3-4,7-8,11,14-15,17-18,30H2,1-2H3,(H,33,37)/t20-,21+,24-/m0/s1. The maximum absolute atomic E-state index is 13.4. The first-order chi connectivity index (χ1) is 21.2. The number of amides is 2. The Morgan fingerprint density at radius 2 is 1.86 bits per heavy atom. The lowest BCUT2D eigenvalue weighted by molar-refractivity contribution is -0.388. The molecule has 238 valence electrons. The molecule has 4 N–H and O–H groups in total. The molecule has 2 amide bonds. The van der Waals surface area contributed by atoms with Gasteiger partial charge in [-0.05, 0) is 62.8 Å². The van der Waals surface area contributed by atoms with E-state index in [4.69, 9.17) is 15.2 Å². The smallest absolute Gasteiger partial charge is 0.329 e. The Morgan fingerprint density at radius 3 is 2.59 bits per heavy atom. The molecule has 0 saturated carbocycles. The van der Waals surface area contributed by atoms with Crippen molar-refractivity contribution in [2.24, 2.45) is 5.73 Å². The van der Waals surface area contributed by atoms with Gasteiger partial charge in [0.2, 0.25) is 11.8 Å². The summed E-state index contributed by atoms with van der Waals surface area (Å²) in [6.45, 7) is 4.08. The number of rotatable bonds is 17. The van der Waals surface area contributed by atoms with Crippen LogP contribution in [0.5, 0.6) is 0 Å². The molecule has 44 heavy (non-hydrogen) atoms. The van der Waals surface area contributed by atoms with Gasteiger partial charge in [0.1, 0.15) is 12.1 Å². The van der Waals surface area contributed by atoms with Crippen LogP contribution in [0, 0.1) is 10.1 Å². The van der Waals surface area contributed by atoms with Crippen molar-refractivity contribution in [1.29, 1.82) is 0 Å². The van der Waals surface area contributed by atoms with Gasteiger partial charge in [-0.1, -0.05) is 24.6 Å². The number of nitro groups is 1. The van der Waals surface area contributed by atoms with Crippen molar-refractivity contribution in [2.45, 2.75) is 75.5 Å². The Bertz CT molecular complexity index is 1330. The van der Waals surface area contributed by atoms with Crippen LogP contribution < -0.4 is 20.7 Å². The number of aromatic nitrogens is 1. The summed E-state index contributed by atoms with van der Waals surface area (Å²) < 4.78 is 13.3. The Morgan fingerprint density at radius 1 is 1.11 bits per heavy atom. The molecule has 1 aliphatic rings. The van der Waals surface area contributed by atoms with Gasteiger partial charge in [-0.25, -0.2) is 14.6 Å². The highest BCUT2D eigenvalue weighted by molar-refractivity contribution is 7.97. The third-order valence-corrected chi connectivity index (χ3v) is 7.69. The van der Waals surface area contributed by atoms with Gasteiger partial charge in [0.05, 0.1) is 24.2 Å². The molecule has 0 aliphatic carbocycles. The maximum Gasteiger partial charge on any atom is 0.329 e. The normalized spacial score (nSPS) is 15.2. The van der Waals surface area contributed by atoms with Gasteiger partial charge in [-0.15, -0.1) is 0 Å². The molecule has 2 aromatic rings. The summed E-state index contributed by atoms with van der Waals surface area (Å²) in [6.07, 6.45) is 3.13. The molecule has 0 radical (unpaired) electrons. The fourth-order valence-electron chi connectivity index (χ4n) is 4.69. The molecule has 3 rings (SSSR count). The van der Waals surface area contributed by atoms with Crippen LogP contribution in [-0.4, -0.2) is 71.5 Å². The van der Waals surface area contributed by atoms with Gasteiger partial charge in [0.25, 0.3) is 0 Å². The summed E-state index contributed by atoms with van der Waals surface area (Å²) in [5.74, 6) is -2.14. The molecule has 15 heteroatoms. The van der Waals surface area contributed by atoms with E-state index in [0.29, 0.717) is 37.9 Å². The van der Waals surface area contributed by atoms with Crippen molar-refractivity contribution in [2.75, 3.05) is 24.7 Å². The van der Waals surface area contributed by atoms with E-state index in [9.17, 15) is 29.3 Å². The average Bonchev–Trinajstić information content (AvgIpc) is 3.41. The first-order valence-electron chi connectivity index (χ1n) is 14.5. The van der Waals surface area contributed by atoms with E-state index in [-0.39, 0.29) is 42.7 Å². The zero-order chi connectivity index (χ0) is 32.1. The Kier molecular flexibility index (Phi) is 13.5.